The first kappa shape index (κ1) is 17.6. The third-order valence-electron chi connectivity index (χ3n) is 3.86. The maximum atomic E-state index is 13.3. The molecule has 0 aliphatic carbocycles. The summed E-state index contributed by atoms with van der Waals surface area (Å²) in [6.07, 6.45) is -3.68. The van der Waals surface area contributed by atoms with E-state index in [2.05, 4.69) is 0 Å². The van der Waals surface area contributed by atoms with Crippen LogP contribution in [-0.2, 0) is 11.2 Å². The summed E-state index contributed by atoms with van der Waals surface area (Å²) in [6.45, 7) is 2.39. The Bertz CT molecular complexity index is 575. The van der Waals surface area contributed by atoms with Crippen LogP contribution in [0.5, 0.6) is 0 Å². The topological polar surface area (TPSA) is 90.2 Å². The van der Waals surface area contributed by atoms with Crippen molar-refractivity contribution in [3.8, 4) is 0 Å². The van der Waals surface area contributed by atoms with Gasteiger partial charge in [0.05, 0.1) is 12.6 Å². The van der Waals surface area contributed by atoms with Crippen LogP contribution < -0.4 is 0 Å². The van der Waals surface area contributed by atoms with E-state index in [0.717, 1.165) is 17.0 Å². The van der Waals surface area contributed by atoms with Gasteiger partial charge in [-0.3, -0.25) is 4.90 Å². The number of nitrogens with zero attached hydrogens (tertiary/aromatic N) is 1. The molecular formula is C15H19F2NO5. The van der Waals surface area contributed by atoms with E-state index in [-0.39, 0.29) is 12.0 Å². The highest BCUT2D eigenvalue weighted by Gasteiger charge is 2.52. The smallest absolute Gasteiger partial charge is 0.409 e. The van der Waals surface area contributed by atoms with Gasteiger partial charge in [0.1, 0.15) is 29.6 Å². The minimum atomic E-state index is -1.32. The monoisotopic (exact) mass is 331 g/mol. The molecule has 3 atom stereocenters. The zero-order valence-corrected chi connectivity index (χ0v) is 12.7. The fourth-order valence-electron chi connectivity index (χ4n) is 3.00. The summed E-state index contributed by atoms with van der Waals surface area (Å²) in [4.78, 5) is 12.5. The lowest BCUT2D eigenvalue weighted by Crippen LogP contribution is -2.49. The summed E-state index contributed by atoms with van der Waals surface area (Å²) in [5, 5.41) is 28.5. The predicted octanol–water partition coefficient (Wildman–Crippen LogP) is 1.34. The molecular weight excluding hydrogens is 312 g/mol. The second kappa shape index (κ2) is 6.38. The van der Waals surface area contributed by atoms with Crippen molar-refractivity contribution in [1.82, 2.24) is 4.90 Å². The molecule has 1 fully saturated rings. The molecule has 2 rings (SSSR count). The average molecular weight is 331 g/mol. The number of rotatable bonds is 4. The number of benzene rings is 1. The lowest BCUT2D eigenvalue weighted by atomic mass is 9.97. The van der Waals surface area contributed by atoms with Gasteiger partial charge in [-0.05, 0) is 38.0 Å². The van der Waals surface area contributed by atoms with E-state index < -0.39 is 48.3 Å². The maximum Gasteiger partial charge on any atom is 0.409 e. The van der Waals surface area contributed by atoms with Crippen LogP contribution in [-0.4, -0.2) is 56.9 Å². The molecule has 1 heterocycles. The largest absolute Gasteiger partial charge is 0.465 e. The highest BCUT2D eigenvalue weighted by molar-refractivity contribution is 5.67. The molecule has 1 amide bonds. The van der Waals surface area contributed by atoms with Gasteiger partial charge >= 0.3 is 6.09 Å². The van der Waals surface area contributed by atoms with Crippen LogP contribution in [0.15, 0.2) is 18.2 Å². The Balaban J connectivity index is 2.37. The molecule has 6 nitrogen and oxygen atoms in total. The number of hydrogen-bond donors (Lipinski definition) is 3. The third-order valence-corrected chi connectivity index (χ3v) is 3.86. The molecule has 1 aliphatic heterocycles. The number of carboxylic acid groups (broad SMARTS) is 1. The van der Waals surface area contributed by atoms with Crippen molar-refractivity contribution in [1.29, 1.82) is 0 Å². The molecule has 128 valence electrons. The van der Waals surface area contributed by atoms with E-state index in [1.807, 2.05) is 0 Å². The molecule has 0 spiro atoms. The van der Waals surface area contributed by atoms with E-state index in [1.54, 1.807) is 0 Å². The van der Waals surface area contributed by atoms with E-state index in [4.69, 9.17) is 9.84 Å². The molecule has 1 aliphatic rings. The molecule has 1 unspecified atom stereocenters. The number of aliphatic hydroxyl groups is 2. The molecule has 1 saturated heterocycles. The second-order valence-corrected chi connectivity index (χ2v) is 5.98. The highest BCUT2D eigenvalue weighted by Crippen LogP contribution is 2.35. The molecule has 0 saturated carbocycles. The zero-order chi connectivity index (χ0) is 17.4. The number of carbonyl (C=O) groups is 1. The molecule has 23 heavy (non-hydrogen) atoms. The number of ether oxygens (including phenoxy) is 1. The fourth-order valence-corrected chi connectivity index (χ4v) is 3.00. The highest BCUT2D eigenvalue weighted by atomic mass is 19.1. The summed E-state index contributed by atoms with van der Waals surface area (Å²) in [5.74, 6) is -1.56. The van der Waals surface area contributed by atoms with Crippen LogP contribution in [0.2, 0.25) is 0 Å². The Hall–Kier alpha value is -1.77. The van der Waals surface area contributed by atoms with E-state index in [0.29, 0.717) is 6.07 Å². The van der Waals surface area contributed by atoms with Crippen LogP contribution in [0.4, 0.5) is 13.6 Å². The van der Waals surface area contributed by atoms with Crippen molar-refractivity contribution < 1.29 is 33.6 Å². The molecule has 3 N–H and O–H groups in total. The lowest BCUT2D eigenvalue weighted by Gasteiger charge is -2.31. The molecule has 0 radical (unpaired) electrons. The SMILES string of the molecule is CC1(C)O[C@@H](C(O)CO)[C@H](Cc2cc(F)cc(F)c2)N1C(=O)O. The average Bonchev–Trinajstić information content (AvgIpc) is 2.67. The van der Waals surface area contributed by atoms with E-state index in [1.165, 1.54) is 13.8 Å². The van der Waals surface area contributed by atoms with Crippen LogP contribution >= 0.6 is 0 Å². The maximum absolute atomic E-state index is 13.3. The Morgan fingerprint density at radius 1 is 1.35 bits per heavy atom. The second-order valence-electron chi connectivity index (χ2n) is 5.98. The first-order valence-electron chi connectivity index (χ1n) is 7.09. The number of amides is 1. The minimum absolute atomic E-state index is 0.0634. The van der Waals surface area contributed by atoms with Gasteiger partial charge in [0.2, 0.25) is 0 Å². The van der Waals surface area contributed by atoms with Crippen molar-refractivity contribution >= 4 is 6.09 Å². The third kappa shape index (κ3) is 3.60. The van der Waals surface area contributed by atoms with Crippen LogP contribution in [0.1, 0.15) is 19.4 Å². The first-order chi connectivity index (χ1) is 10.7. The Morgan fingerprint density at radius 2 is 1.91 bits per heavy atom. The summed E-state index contributed by atoms with van der Waals surface area (Å²) < 4.78 is 32.3. The molecule has 0 aromatic heterocycles. The van der Waals surface area contributed by atoms with Gasteiger partial charge in [-0.25, -0.2) is 13.6 Å². The zero-order valence-electron chi connectivity index (χ0n) is 12.7. The first-order valence-corrected chi connectivity index (χ1v) is 7.09. The Kier molecular flexibility index (Phi) is 4.88. The molecule has 8 heteroatoms. The summed E-state index contributed by atoms with van der Waals surface area (Å²) in [5.41, 5.74) is -1.02. The molecule has 1 aromatic carbocycles. The molecule has 0 bridgehead atoms. The Morgan fingerprint density at radius 3 is 2.39 bits per heavy atom. The van der Waals surface area contributed by atoms with Crippen LogP contribution in [0.3, 0.4) is 0 Å². The Labute approximate surface area is 131 Å². The van der Waals surface area contributed by atoms with Gasteiger partial charge in [0, 0.05) is 6.07 Å². The lowest BCUT2D eigenvalue weighted by molar-refractivity contribution is -0.106. The summed E-state index contributed by atoms with van der Waals surface area (Å²) in [6, 6.07) is 2.01. The van der Waals surface area contributed by atoms with Crippen molar-refractivity contribution in [2.75, 3.05) is 6.61 Å². The fraction of sp³-hybridized carbons (Fsp3) is 0.533. The van der Waals surface area contributed by atoms with E-state index >= 15 is 0 Å². The number of halogens is 2. The van der Waals surface area contributed by atoms with Gasteiger partial charge in [-0.2, -0.15) is 0 Å². The van der Waals surface area contributed by atoms with Gasteiger partial charge in [0.25, 0.3) is 0 Å². The normalized spacial score (nSPS) is 24.7. The quantitative estimate of drug-likeness (QED) is 0.775. The van der Waals surface area contributed by atoms with Crippen LogP contribution in [0.25, 0.3) is 0 Å². The van der Waals surface area contributed by atoms with Gasteiger partial charge < -0.3 is 20.1 Å². The minimum Gasteiger partial charge on any atom is -0.465 e. The number of hydrogen-bond acceptors (Lipinski definition) is 4. The van der Waals surface area contributed by atoms with Crippen LogP contribution in [0, 0.1) is 11.6 Å². The van der Waals surface area contributed by atoms with Crippen molar-refractivity contribution in [3.05, 3.63) is 35.4 Å². The van der Waals surface area contributed by atoms with Gasteiger partial charge in [-0.15, -0.1) is 0 Å². The number of aliphatic hydroxyl groups excluding tert-OH is 2. The molecule has 1 aromatic rings. The predicted molar refractivity (Wildman–Crippen MR) is 75.8 cm³/mol. The van der Waals surface area contributed by atoms with Crippen molar-refractivity contribution in [2.45, 2.75) is 44.2 Å². The van der Waals surface area contributed by atoms with Gasteiger partial charge in [-0.1, -0.05) is 0 Å². The van der Waals surface area contributed by atoms with Crippen molar-refractivity contribution in [3.63, 3.8) is 0 Å². The van der Waals surface area contributed by atoms with Crippen molar-refractivity contribution in [2.24, 2.45) is 0 Å². The summed E-state index contributed by atoms with van der Waals surface area (Å²) >= 11 is 0. The van der Waals surface area contributed by atoms with Gasteiger partial charge in [0.15, 0.2) is 0 Å². The summed E-state index contributed by atoms with van der Waals surface area (Å²) in [7, 11) is 0. The van der Waals surface area contributed by atoms with E-state index in [9.17, 15) is 23.8 Å². The standard InChI is InChI=1S/C15H19F2NO5/c1-15(2)18(14(21)22)11(13(23-15)12(20)7-19)5-8-3-9(16)6-10(17)4-8/h3-4,6,11-13,19-20H,5,7H2,1-2H3,(H,21,22)/t11-,12?,13+/m0/s1.